The minimum Gasteiger partial charge on any atom is -0.306 e. The van der Waals surface area contributed by atoms with Crippen LogP contribution in [0, 0.1) is 5.82 Å². The highest BCUT2D eigenvalue weighted by Gasteiger charge is 2.08. The van der Waals surface area contributed by atoms with Gasteiger partial charge in [0.1, 0.15) is 5.82 Å². The van der Waals surface area contributed by atoms with E-state index in [1.54, 1.807) is 18.3 Å². The second kappa shape index (κ2) is 5.42. The van der Waals surface area contributed by atoms with Crippen molar-refractivity contribution in [1.29, 1.82) is 0 Å². The van der Waals surface area contributed by atoms with Gasteiger partial charge in [-0.25, -0.2) is 4.39 Å². The molecule has 5 heteroatoms. The van der Waals surface area contributed by atoms with Gasteiger partial charge in [0.05, 0.1) is 6.20 Å². The van der Waals surface area contributed by atoms with Gasteiger partial charge in [-0.2, -0.15) is 5.10 Å². The van der Waals surface area contributed by atoms with Crippen molar-refractivity contribution >= 4 is 15.9 Å². The SMILES string of the molecule is CC(NCc1cc(Br)ccc1F)c1cn[nH]c1. The van der Waals surface area contributed by atoms with E-state index >= 15 is 0 Å². The molecule has 3 nitrogen and oxygen atoms in total. The van der Waals surface area contributed by atoms with Gasteiger partial charge in [-0.15, -0.1) is 0 Å². The molecule has 1 unspecified atom stereocenters. The highest BCUT2D eigenvalue weighted by molar-refractivity contribution is 9.10. The topological polar surface area (TPSA) is 40.7 Å². The lowest BCUT2D eigenvalue weighted by atomic mass is 10.1. The van der Waals surface area contributed by atoms with Crippen molar-refractivity contribution in [1.82, 2.24) is 15.5 Å². The Balaban J connectivity index is 2.00. The first-order chi connectivity index (χ1) is 8.16. The molecule has 17 heavy (non-hydrogen) atoms. The summed E-state index contributed by atoms with van der Waals surface area (Å²) in [5.74, 6) is -0.194. The summed E-state index contributed by atoms with van der Waals surface area (Å²) in [5, 5.41) is 9.89. The standard InChI is InChI=1S/C12H13BrFN3/c1-8(10-6-16-17-7-10)15-5-9-4-11(13)2-3-12(9)14/h2-4,6-8,15H,5H2,1H3,(H,16,17). The highest BCUT2D eigenvalue weighted by atomic mass is 79.9. The first-order valence-electron chi connectivity index (χ1n) is 5.33. The predicted octanol–water partition coefficient (Wildman–Crippen LogP) is 3.16. The van der Waals surface area contributed by atoms with Crippen molar-refractivity contribution in [3.8, 4) is 0 Å². The third-order valence-electron chi connectivity index (χ3n) is 2.63. The van der Waals surface area contributed by atoms with E-state index in [1.165, 1.54) is 6.07 Å². The second-order valence-corrected chi connectivity index (χ2v) is 4.79. The summed E-state index contributed by atoms with van der Waals surface area (Å²) in [6, 6.07) is 5.07. The molecule has 2 N–H and O–H groups in total. The van der Waals surface area contributed by atoms with Gasteiger partial charge in [-0.05, 0) is 25.1 Å². The van der Waals surface area contributed by atoms with Crippen LogP contribution in [0.3, 0.4) is 0 Å². The number of aromatic nitrogens is 2. The zero-order valence-electron chi connectivity index (χ0n) is 9.37. The number of benzene rings is 1. The summed E-state index contributed by atoms with van der Waals surface area (Å²) >= 11 is 3.33. The Morgan fingerprint density at radius 1 is 1.53 bits per heavy atom. The van der Waals surface area contributed by atoms with Crippen molar-refractivity contribution in [3.63, 3.8) is 0 Å². The van der Waals surface area contributed by atoms with Crippen molar-refractivity contribution in [2.75, 3.05) is 0 Å². The lowest BCUT2D eigenvalue weighted by molar-refractivity contribution is 0.544. The monoisotopic (exact) mass is 297 g/mol. The summed E-state index contributed by atoms with van der Waals surface area (Å²) < 4.78 is 14.4. The van der Waals surface area contributed by atoms with E-state index in [0.717, 1.165) is 10.0 Å². The van der Waals surface area contributed by atoms with E-state index < -0.39 is 0 Å². The smallest absolute Gasteiger partial charge is 0.127 e. The zero-order valence-corrected chi connectivity index (χ0v) is 11.0. The van der Waals surface area contributed by atoms with E-state index in [4.69, 9.17) is 0 Å². The van der Waals surface area contributed by atoms with Crippen LogP contribution in [0.5, 0.6) is 0 Å². The third-order valence-corrected chi connectivity index (χ3v) is 3.12. The summed E-state index contributed by atoms with van der Waals surface area (Å²) in [6.45, 7) is 2.50. The van der Waals surface area contributed by atoms with Gasteiger partial charge in [0, 0.05) is 34.4 Å². The Kier molecular flexibility index (Phi) is 3.91. The Hall–Kier alpha value is -1.20. The molecule has 2 aromatic rings. The molecule has 1 aromatic carbocycles. The summed E-state index contributed by atoms with van der Waals surface area (Å²) in [4.78, 5) is 0. The number of aromatic amines is 1. The molecular weight excluding hydrogens is 285 g/mol. The number of hydrogen-bond donors (Lipinski definition) is 2. The van der Waals surface area contributed by atoms with Crippen molar-refractivity contribution in [3.05, 3.63) is 52.0 Å². The maximum absolute atomic E-state index is 13.5. The van der Waals surface area contributed by atoms with E-state index in [9.17, 15) is 4.39 Å². The van der Waals surface area contributed by atoms with Gasteiger partial charge in [-0.3, -0.25) is 5.10 Å². The molecule has 0 fully saturated rings. The normalized spacial score (nSPS) is 12.6. The van der Waals surface area contributed by atoms with Gasteiger partial charge in [-0.1, -0.05) is 15.9 Å². The predicted molar refractivity (Wildman–Crippen MR) is 67.9 cm³/mol. The maximum Gasteiger partial charge on any atom is 0.127 e. The Bertz CT molecular complexity index is 485. The molecule has 0 aliphatic rings. The number of hydrogen-bond acceptors (Lipinski definition) is 2. The van der Waals surface area contributed by atoms with Crippen LogP contribution in [0.2, 0.25) is 0 Å². The van der Waals surface area contributed by atoms with Gasteiger partial charge in [0.15, 0.2) is 0 Å². The molecule has 1 atom stereocenters. The molecule has 1 aromatic heterocycles. The molecular formula is C12H13BrFN3. The van der Waals surface area contributed by atoms with Crippen LogP contribution in [0.4, 0.5) is 4.39 Å². The Labute approximate surface area is 108 Å². The fourth-order valence-electron chi connectivity index (χ4n) is 1.56. The first-order valence-corrected chi connectivity index (χ1v) is 6.12. The molecule has 90 valence electrons. The summed E-state index contributed by atoms with van der Waals surface area (Å²) in [7, 11) is 0. The van der Waals surface area contributed by atoms with Crippen LogP contribution < -0.4 is 5.32 Å². The molecule has 0 amide bonds. The fourth-order valence-corrected chi connectivity index (χ4v) is 1.97. The minimum atomic E-state index is -0.194. The fraction of sp³-hybridized carbons (Fsp3) is 0.250. The van der Waals surface area contributed by atoms with Gasteiger partial charge < -0.3 is 5.32 Å². The van der Waals surface area contributed by atoms with Gasteiger partial charge >= 0.3 is 0 Å². The number of H-pyrrole nitrogens is 1. The van der Waals surface area contributed by atoms with Crippen LogP contribution >= 0.6 is 15.9 Å². The third kappa shape index (κ3) is 3.14. The van der Waals surface area contributed by atoms with Crippen LogP contribution in [-0.4, -0.2) is 10.2 Å². The number of halogens is 2. The van der Waals surface area contributed by atoms with Crippen LogP contribution in [-0.2, 0) is 6.54 Å². The molecule has 0 bridgehead atoms. The average molecular weight is 298 g/mol. The van der Waals surface area contributed by atoms with E-state index in [-0.39, 0.29) is 11.9 Å². The molecule has 0 saturated carbocycles. The molecule has 0 radical (unpaired) electrons. The minimum absolute atomic E-state index is 0.132. The van der Waals surface area contributed by atoms with Crippen LogP contribution in [0.1, 0.15) is 24.1 Å². The van der Waals surface area contributed by atoms with Crippen molar-refractivity contribution in [2.45, 2.75) is 19.5 Å². The Morgan fingerprint density at radius 2 is 2.35 bits per heavy atom. The number of nitrogens with zero attached hydrogens (tertiary/aromatic N) is 1. The summed E-state index contributed by atoms with van der Waals surface area (Å²) in [6.07, 6.45) is 3.59. The maximum atomic E-state index is 13.5. The Morgan fingerprint density at radius 3 is 3.06 bits per heavy atom. The lowest BCUT2D eigenvalue weighted by Crippen LogP contribution is -2.18. The van der Waals surface area contributed by atoms with Crippen molar-refractivity contribution in [2.24, 2.45) is 0 Å². The quantitative estimate of drug-likeness (QED) is 0.910. The molecule has 0 spiro atoms. The molecule has 0 saturated heterocycles. The molecule has 0 aliphatic heterocycles. The molecule has 2 rings (SSSR count). The largest absolute Gasteiger partial charge is 0.306 e. The van der Waals surface area contributed by atoms with E-state index in [1.807, 2.05) is 13.1 Å². The van der Waals surface area contributed by atoms with Gasteiger partial charge in [0.2, 0.25) is 0 Å². The number of rotatable bonds is 4. The van der Waals surface area contributed by atoms with E-state index in [0.29, 0.717) is 12.1 Å². The summed E-state index contributed by atoms with van der Waals surface area (Å²) in [5.41, 5.74) is 1.70. The number of nitrogens with one attached hydrogen (secondary N) is 2. The highest BCUT2D eigenvalue weighted by Crippen LogP contribution is 2.17. The van der Waals surface area contributed by atoms with Gasteiger partial charge in [0.25, 0.3) is 0 Å². The van der Waals surface area contributed by atoms with Crippen LogP contribution in [0.25, 0.3) is 0 Å². The second-order valence-electron chi connectivity index (χ2n) is 3.87. The molecule has 0 aliphatic carbocycles. The van der Waals surface area contributed by atoms with Crippen molar-refractivity contribution < 1.29 is 4.39 Å². The molecule has 1 heterocycles. The first kappa shape index (κ1) is 12.3. The van der Waals surface area contributed by atoms with E-state index in [2.05, 4.69) is 31.4 Å². The zero-order chi connectivity index (χ0) is 12.3. The van der Waals surface area contributed by atoms with Crippen LogP contribution in [0.15, 0.2) is 35.1 Å². The lowest BCUT2D eigenvalue weighted by Gasteiger charge is -2.12. The average Bonchev–Trinajstić information content (AvgIpc) is 2.83.